The van der Waals surface area contributed by atoms with Gasteiger partial charge >= 0.3 is 11.9 Å². The van der Waals surface area contributed by atoms with Gasteiger partial charge in [-0.1, -0.05) is 62.8 Å². The second-order valence-electron chi connectivity index (χ2n) is 12.4. The van der Waals surface area contributed by atoms with Crippen molar-refractivity contribution in [1.82, 2.24) is 21.3 Å². The van der Waals surface area contributed by atoms with Gasteiger partial charge in [0.25, 0.3) is 0 Å². The maximum atomic E-state index is 12.2. The van der Waals surface area contributed by atoms with Gasteiger partial charge in [0.1, 0.15) is 25.5 Å². The molecule has 6 N–H and O–H groups in total. The summed E-state index contributed by atoms with van der Waals surface area (Å²) in [5.74, 6) is -3.32. The Morgan fingerprint density at radius 2 is 1.07 bits per heavy atom. The first-order valence-electron chi connectivity index (χ1n) is 18.5. The van der Waals surface area contributed by atoms with E-state index < -0.39 is 18.0 Å². The number of rotatable bonds is 35. The number of carboxylic acids is 2. The minimum absolute atomic E-state index is 0.0463. The van der Waals surface area contributed by atoms with E-state index in [1.165, 1.54) is 0 Å². The first-order valence-corrected chi connectivity index (χ1v) is 18.5. The molecule has 0 aromatic heterocycles. The number of carboxylic acid groups (broad SMARTS) is 2. The zero-order valence-corrected chi connectivity index (χ0v) is 31.1. The molecule has 1 unspecified atom stereocenters. The summed E-state index contributed by atoms with van der Waals surface area (Å²) < 4.78 is 21.2. The highest BCUT2D eigenvalue weighted by Crippen LogP contribution is 2.11. The molecule has 1 rings (SSSR count). The first kappa shape index (κ1) is 47.6. The lowest BCUT2D eigenvalue weighted by atomic mass is 10.1. The Hall–Kier alpha value is -4.45. The van der Waals surface area contributed by atoms with E-state index in [1.807, 2.05) is 0 Å². The normalized spacial score (nSPS) is 11.3. The van der Waals surface area contributed by atoms with Crippen molar-refractivity contribution >= 4 is 41.9 Å². The zero-order chi connectivity index (χ0) is 39.7. The van der Waals surface area contributed by atoms with Crippen LogP contribution in [0.1, 0.15) is 93.0 Å². The summed E-state index contributed by atoms with van der Waals surface area (Å²) in [6.07, 6.45) is 8.06. The predicted octanol–water partition coefficient (Wildman–Crippen LogP) is 1.75. The second kappa shape index (κ2) is 32.0. The predicted molar refractivity (Wildman–Crippen MR) is 196 cm³/mol. The monoisotopic (exact) mass is 766 g/mol. The molecular formula is C37H58N4O13. The van der Waals surface area contributed by atoms with Crippen LogP contribution in [0.25, 0.3) is 0 Å². The van der Waals surface area contributed by atoms with Crippen molar-refractivity contribution in [3.63, 3.8) is 0 Å². The largest absolute Gasteiger partial charge is 0.481 e. The maximum absolute atomic E-state index is 12.2. The van der Waals surface area contributed by atoms with E-state index in [2.05, 4.69) is 21.3 Å². The molecule has 54 heavy (non-hydrogen) atoms. The summed E-state index contributed by atoms with van der Waals surface area (Å²) in [7, 11) is 0. The summed E-state index contributed by atoms with van der Waals surface area (Å²) in [5.41, 5.74) is 1.42. The molecule has 0 saturated carbocycles. The van der Waals surface area contributed by atoms with E-state index in [-0.39, 0.29) is 115 Å². The number of hydrogen-bond donors (Lipinski definition) is 6. The highest BCUT2D eigenvalue weighted by molar-refractivity contribution is 5.84. The van der Waals surface area contributed by atoms with Crippen LogP contribution < -0.4 is 21.3 Å². The summed E-state index contributed by atoms with van der Waals surface area (Å²) in [6.45, 7) is 1.75. The van der Waals surface area contributed by atoms with Gasteiger partial charge in [0.2, 0.25) is 23.6 Å². The molecule has 1 aromatic carbocycles. The fraction of sp³-hybridized carbons (Fsp3) is 0.649. The topological polar surface area (TPSA) is 245 Å². The van der Waals surface area contributed by atoms with Crippen LogP contribution in [0.2, 0.25) is 0 Å². The van der Waals surface area contributed by atoms with E-state index in [0.717, 1.165) is 50.4 Å². The number of aliphatic carboxylic acids is 2. The molecule has 0 saturated heterocycles. The molecular weight excluding hydrogens is 708 g/mol. The van der Waals surface area contributed by atoms with Gasteiger partial charge in [-0.3, -0.25) is 28.8 Å². The lowest BCUT2D eigenvalue weighted by Gasteiger charge is -2.14. The minimum Gasteiger partial charge on any atom is -0.481 e. The molecule has 0 radical (unpaired) electrons. The lowest BCUT2D eigenvalue weighted by Crippen LogP contribution is -2.41. The van der Waals surface area contributed by atoms with Crippen molar-refractivity contribution in [2.75, 3.05) is 65.9 Å². The van der Waals surface area contributed by atoms with Crippen LogP contribution in [0.5, 0.6) is 0 Å². The molecule has 17 nitrogen and oxygen atoms in total. The zero-order valence-electron chi connectivity index (χ0n) is 31.1. The molecule has 0 spiro atoms. The highest BCUT2D eigenvalue weighted by Gasteiger charge is 2.20. The number of hydrogen-bond acceptors (Lipinski definition) is 11. The molecule has 17 heteroatoms. The Balaban J connectivity index is 1.93. The number of unbranched alkanes of at least 4 members (excludes halogenated alkanes) is 7. The van der Waals surface area contributed by atoms with Gasteiger partial charge in [0.05, 0.1) is 39.6 Å². The lowest BCUT2D eigenvalue weighted by molar-refractivity contribution is -0.142. The van der Waals surface area contributed by atoms with Crippen molar-refractivity contribution in [3.05, 3.63) is 35.4 Å². The molecule has 0 fully saturated rings. The first-order chi connectivity index (χ1) is 26.1. The number of carbonyl (C=O) groups is 7. The van der Waals surface area contributed by atoms with Crippen molar-refractivity contribution in [3.8, 4) is 0 Å². The molecule has 0 aliphatic rings. The quantitative estimate of drug-likeness (QED) is 0.0427. The summed E-state index contributed by atoms with van der Waals surface area (Å²) in [5, 5.41) is 28.5. The van der Waals surface area contributed by atoms with Gasteiger partial charge in [-0.2, -0.15) is 0 Å². The van der Waals surface area contributed by atoms with Crippen molar-refractivity contribution in [2.24, 2.45) is 0 Å². The van der Waals surface area contributed by atoms with Gasteiger partial charge in [0.15, 0.2) is 0 Å². The van der Waals surface area contributed by atoms with Gasteiger partial charge in [-0.25, -0.2) is 4.79 Å². The molecule has 0 aliphatic carbocycles. The third-order valence-electron chi connectivity index (χ3n) is 7.79. The van der Waals surface area contributed by atoms with Gasteiger partial charge in [-0.05, 0) is 24.8 Å². The van der Waals surface area contributed by atoms with Crippen LogP contribution in [-0.4, -0.2) is 124 Å². The number of amides is 4. The van der Waals surface area contributed by atoms with Crippen molar-refractivity contribution in [2.45, 2.75) is 89.6 Å². The van der Waals surface area contributed by atoms with E-state index in [4.69, 9.17) is 24.1 Å². The average molecular weight is 767 g/mol. The summed E-state index contributed by atoms with van der Waals surface area (Å²) in [4.78, 5) is 80.8. The molecule has 0 heterocycles. The van der Waals surface area contributed by atoms with Crippen LogP contribution in [0, 0.1) is 0 Å². The molecule has 4 amide bonds. The maximum Gasteiger partial charge on any atom is 0.326 e. The third-order valence-corrected chi connectivity index (χ3v) is 7.79. The van der Waals surface area contributed by atoms with E-state index in [1.54, 1.807) is 24.3 Å². The molecule has 0 aliphatic heterocycles. The number of benzene rings is 1. The number of nitrogens with one attached hydrogen (secondary N) is 4. The van der Waals surface area contributed by atoms with E-state index in [0.29, 0.717) is 24.9 Å². The summed E-state index contributed by atoms with van der Waals surface area (Å²) in [6, 6.07) is 5.70. The van der Waals surface area contributed by atoms with Crippen molar-refractivity contribution in [1.29, 1.82) is 0 Å². The summed E-state index contributed by atoms with van der Waals surface area (Å²) >= 11 is 0. The van der Waals surface area contributed by atoms with Crippen molar-refractivity contribution < 1.29 is 62.7 Å². The fourth-order valence-electron chi connectivity index (χ4n) is 4.82. The van der Waals surface area contributed by atoms with E-state index >= 15 is 0 Å². The Morgan fingerprint density at radius 3 is 1.61 bits per heavy atom. The van der Waals surface area contributed by atoms with Gasteiger partial charge in [-0.15, -0.1) is 0 Å². The van der Waals surface area contributed by atoms with Gasteiger partial charge in [0, 0.05) is 44.5 Å². The van der Waals surface area contributed by atoms with Gasteiger partial charge < -0.3 is 50.4 Å². The molecule has 304 valence electrons. The standard InChI is InChI=1S/C37H58N4O13/c42-26-30-13-11-29(12-14-30)25-40-35(46)28-54-24-22-52-20-18-39-34(45)27-53-23-21-51-19-17-38-32(43)16-15-31(37(49)50)41-33(44)9-7-5-3-1-2-4-6-8-10-36(47)48/h11-14,26,31H,1-10,15-25,27-28H2,(H,38,43)(H,39,45)(H,40,46)(H,41,44)(H,47,48)(H,49,50). The van der Waals surface area contributed by atoms with Crippen LogP contribution in [0.3, 0.4) is 0 Å². The van der Waals surface area contributed by atoms with Crippen LogP contribution >= 0.6 is 0 Å². The van der Waals surface area contributed by atoms with Crippen LogP contribution in [-0.2, 0) is 54.3 Å². The van der Waals surface area contributed by atoms with Crippen LogP contribution in [0.4, 0.5) is 0 Å². The Kier molecular flexibility index (Phi) is 28.2. The molecule has 0 bridgehead atoms. The fourth-order valence-corrected chi connectivity index (χ4v) is 4.82. The number of aldehydes is 1. The highest BCUT2D eigenvalue weighted by atomic mass is 16.5. The van der Waals surface area contributed by atoms with Crippen LogP contribution in [0.15, 0.2) is 24.3 Å². The van der Waals surface area contributed by atoms with E-state index in [9.17, 15) is 38.7 Å². The Morgan fingerprint density at radius 1 is 0.574 bits per heavy atom. The molecule has 1 aromatic rings. The molecule has 1 atom stereocenters. The number of ether oxygens (including phenoxy) is 4. The Labute approximate surface area is 316 Å². The average Bonchev–Trinajstić information content (AvgIpc) is 3.15. The minimum atomic E-state index is -1.21. The number of carbonyl (C=O) groups excluding carboxylic acids is 5. The second-order valence-corrected chi connectivity index (χ2v) is 12.4. The SMILES string of the molecule is O=Cc1ccc(CNC(=O)COCCOCCNC(=O)COCCOCCNC(=O)CCC(NC(=O)CCCCCCCCCCC(=O)O)C(=O)O)cc1. The third kappa shape index (κ3) is 28.1. The smallest absolute Gasteiger partial charge is 0.326 e. The Bertz CT molecular complexity index is 1250.